The maximum Gasteiger partial charge on any atom is 0.192 e. The zero-order valence-electron chi connectivity index (χ0n) is 14.4. The van der Waals surface area contributed by atoms with E-state index >= 15 is 0 Å². The number of hydrogen-bond donors (Lipinski definition) is 1. The zero-order valence-corrected chi connectivity index (χ0v) is 16.2. The number of hydrazine groups is 1. The second-order valence-corrected chi connectivity index (χ2v) is 12.8. The van der Waals surface area contributed by atoms with Crippen LogP contribution < -0.4 is 5.43 Å². The maximum absolute atomic E-state index is 6.24. The van der Waals surface area contributed by atoms with Crippen LogP contribution in [0.1, 0.15) is 33.6 Å². The Morgan fingerprint density at radius 3 is 2.59 bits per heavy atom. The lowest BCUT2D eigenvalue weighted by Gasteiger charge is -2.37. The van der Waals surface area contributed by atoms with Gasteiger partial charge in [-0.3, -0.25) is 10.4 Å². The average molecular weight is 345 g/mol. The van der Waals surface area contributed by atoms with Gasteiger partial charge in [0.15, 0.2) is 19.2 Å². The van der Waals surface area contributed by atoms with E-state index in [9.17, 15) is 0 Å². The van der Waals surface area contributed by atoms with Crippen LogP contribution in [0.3, 0.4) is 0 Å². The van der Waals surface area contributed by atoms with Gasteiger partial charge in [-0.15, -0.1) is 0 Å². The number of hydrogen-bond acceptors (Lipinski definition) is 4. The molecule has 1 saturated carbocycles. The van der Waals surface area contributed by atoms with Crippen LogP contribution in [0.2, 0.25) is 18.1 Å². The van der Waals surface area contributed by atoms with E-state index in [0.29, 0.717) is 11.8 Å². The molecule has 0 unspecified atom stereocenters. The van der Waals surface area contributed by atoms with Crippen molar-refractivity contribution in [2.45, 2.75) is 51.7 Å². The molecule has 0 radical (unpaired) electrons. The van der Waals surface area contributed by atoms with Crippen LogP contribution in [0, 0.1) is 5.92 Å². The molecule has 0 aromatic rings. The van der Waals surface area contributed by atoms with Crippen LogP contribution in [-0.4, -0.2) is 33.1 Å². The Kier molecular flexibility index (Phi) is 5.51. The van der Waals surface area contributed by atoms with Crippen molar-refractivity contribution in [3.63, 3.8) is 0 Å². The second kappa shape index (κ2) is 6.85. The molecule has 0 amide bonds. The molecule has 2 aliphatic rings. The standard InChI is InChI=1S/C16H29ClN2O2Si/c1-16(2,3)22(4,5)21-11-10-19-9-8-14(15(17)18-19)20-12-13-6-7-13/h8-9,13,18H,6-7,10-12H2,1-5H3. The lowest BCUT2D eigenvalue weighted by Crippen LogP contribution is -2.44. The predicted molar refractivity (Wildman–Crippen MR) is 93.7 cm³/mol. The van der Waals surface area contributed by atoms with Crippen molar-refractivity contribution in [3.8, 4) is 0 Å². The van der Waals surface area contributed by atoms with Crippen LogP contribution in [-0.2, 0) is 9.16 Å². The van der Waals surface area contributed by atoms with Gasteiger partial charge >= 0.3 is 0 Å². The smallest absolute Gasteiger partial charge is 0.192 e. The summed E-state index contributed by atoms with van der Waals surface area (Å²) >= 11 is 6.24. The first-order valence-electron chi connectivity index (χ1n) is 8.07. The first kappa shape index (κ1) is 17.7. The Morgan fingerprint density at radius 2 is 2.05 bits per heavy atom. The fraction of sp³-hybridized carbons (Fsp3) is 0.750. The second-order valence-electron chi connectivity index (χ2n) is 7.66. The molecule has 0 saturated heterocycles. The molecule has 1 aliphatic carbocycles. The Balaban J connectivity index is 1.73. The first-order chi connectivity index (χ1) is 10.2. The van der Waals surface area contributed by atoms with Gasteiger partial charge in [-0.2, -0.15) is 0 Å². The summed E-state index contributed by atoms with van der Waals surface area (Å²) in [5.41, 5.74) is 3.14. The molecule has 6 heteroatoms. The van der Waals surface area contributed by atoms with Gasteiger partial charge in [-0.05, 0) is 36.9 Å². The van der Waals surface area contributed by atoms with E-state index in [1.54, 1.807) is 0 Å². The maximum atomic E-state index is 6.24. The van der Waals surface area contributed by atoms with Gasteiger partial charge in [0.05, 0.1) is 19.8 Å². The minimum atomic E-state index is -1.69. The molecule has 0 spiro atoms. The number of nitrogens with zero attached hydrogens (tertiary/aromatic N) is 1. The Morgan fingerprint density at radius 1 is 1.36 bits per heavy atom. The molecule has 4 nitrogen and oxygen atoms in total. The zero-order chi connectivity index (χ0) is 16.4. The minimum absolute atomic E-state index is 0.236. The number of nitrogens with one attached hydrogen (secondary N) is 1. The van der Waals surface area contributed by atoms with Crippen LogP contribution in [0.15, 0.2) is 23.2 Å². The molecule has 1 fully saturated rings. The molecule has 0 aromatic carbocycles. The molecule has 2 rings (SSSR count). The quantitative estimate of drug-likeness (QED) is 0.555. The molecule has 22 heavy (non-hydrogen) atoms. The molecule has 1 aliphatic heterocycles. The van der Waals surface area contributed by atoms with Gasteiger partial charge in [0.2, 0.25) is 0 Å². The summed E-state index contributed by atoms with van der Waals surface area (Å²) in [4.78, 5) is 0. The average Bonchev–Trinajstić information content (AvgIpc) is 3.20. The van der Waals surface area contributed by atoms with Gasteiger partial charge in [0.25, 0.3) is 0 Å². The van der Waals surface area contributed by atoms with Gasteiger partial charge in [-0.25, -0.2) is 0 Å². The van der Waals surface area contributed by atoms with Crippen molar-refractivity contribution in [3.05, 3.63) is 23.2 Å². The van der Waals surface area contributed by atoms with E-state index in [1.165, 1.54) is 12.8 Å². The van der Waals surface area contributed by atoms with Gasteiger partial charge in [0, 0.05) is 12.3 Å². The van der Waals surface area contributed by atoms with Crippen LogP contribution >= 0.6 is 11.6 Å². The van der Waals surface area contributed by atoms with Crippen molar-refractivity contribution < 1.29 is 9.16 Å². The van der Waals surface area contributed by atoms with E-state index in [0.717, 1.165) is 24.8 Å². The lowest BCUT2D eigenvalue weighted by atomic mass is 10.2. The summed E-state index contributed by atoms with van der Waals surface area (Å²) in [5.74, 6) is 1.46. The summed E-state index contributed by atoms with van der Waals surface area (Å²) in [6.45, 7) is 13.5. The fourth-order valence-electron chi connectivity index (χ4n) is 1.80. The van der Waals surface area contributed by atoms with Crippen molar-refractivity contribution in [1.82, 2.24) is 10.4 Å². The summed E-state index contributed by atoms with van der Waals surface area (Å²) in [6.07, 6.45) is 6.44. The number of ether oxygens (including phenoxy) is 1. The highest BCUT2D eigenvalue weighted by molar-refractivity contribution is 6.74. The van der Waals surface area contributed by atoms with E-state index in [2.05, 4.69) is 39.3 Å². The van der Waals surface area contributed by atoms with Crippen molar-refractivity contribution in [1.29, 1.82) is 0 Å². The summed E-state index contributed by atoms with van der Waals surface area (Å²) in [5, 5.41) is 2.73. The molecular weight excluding hydrogens is 316 g/mol. The largest absolute Gasteiger partial charge is 0.490 e. The molecule has 0 atom stereocenters. The number of halogens is 1. The summed E-state index contributed by atoms with van der Waals surface area (Å²) in [6, 6.07) is 0. The topological polar surface area (TPSA) is 33.7 Å². The molecule has 126 valence electrons. The van der Waals surface area contributed by atoms with Gasteiger partial charge < -0.3 is 9.16 Å². The number of allylic oxidation sites excluding steroid dienone is 1. The highest BCUT2D eigenvalue weighted by atomic mass is 35.5. The number of rotatable bonds is 7. The van der Waals surface area contributed by atoms with Gasteiger partial charge in [-0.1, -0.05) is 32.4 Å². The van der Waals surface area contributed by atoms with Crippen molar-refractivity contribution in [2.75, 3.05) is 19.8 Å². The van der Waals surface area contributed by atoms with E-state index in [4.69, 9.17) is 20.8 Å². The first-order valence-corrected chi connectivity index (χ1v) is 11.4. The van der Waals surface area contributed by atoms with Crippen molar-refractivity contribution in [2.24, 2.45) is 5.92 Å². The highest BCUT2D eigenvalue weighted by Gasteiger charge is 2.37. The Hall–Kier alpha value is -0.653. The lowest BCUT2D eigenvalue weighted by molar-refractivity contribution is 0.181. The third kappa shape index (κ3) is 4.93. The fourth-order valence-corrected chi connectivity index (χ4v) is 3.06. The van der Waals surface area contributed by atoms with E-state index in [1.807, 2.05) is 17.3 Å². The van der Waals surface area contributed by atoms with E-state index in [-0.39, 0.29) is 5.04 Å². The van der Waals surface area contributed by atoms with Crippen LogP contribution in [0.25, 0.3) is 0 Å². The highest BCUT2D eigenvalue weighted by Crippen LogP contribution is 2.36. The van der Waals surface area contributed by atoms with Crippen LogP contribution in [0.5, 0.6) is 0 Å². The van der Waals surface area contributed by atoms with Crippen molar-refractivity contribution >= 4 is 19.9 Å². The predicted octanol–water partition coefficient (Wildman–Crippen LogP) is 4.18. The van der Waals surface area contributed by atoms with Crippen LogP contribution in [0.4, 0.5) is 0 Å². The minimum Gasteiger partial charge on any atom is -0.490 e. The van der Waals surface area contributed by atoms with E-state index < -0.39 is 8.32 Å². The van der Waals surface area contributed by atoms with Gasteiger partial charge in [0.1, 0.15) is 0 Å². The molecule has 0 aromatic heterocycles. The Labute approximate surface area is 140 Å². The Bertz CT molecular complexity index is 454. The third-order valence-corrected chi connectivity index (χ3v) is 9.45. The molecule has 1 N–H and O–H groups in total. The molecule has 0 bridgehead atoms. The normalized spacial score (nSPS) is 19.5. The molecule has 1 heterocycles. The monoisotopic (exact) mass is 344 g/mol. The molecular formula is C16H29ClN2O2Si. The summed E-state index contributed by atoms with van der Waals surface area (Å²) < 4.78 is 11.9. The SMILES string of the molecule is CC(C)(C)[Si](C)(C)OCCN1C=CC(OCC2CC2)=C(Cl)N1. The summed E-state index contributed by atoms with van der Waals surface area (Å²) in [7, 11) is -1.69. The third-order valence-electron chi connectivity index (χ3n) is 4.64.